The molecule has 1 atom stereocenters. The predicted molar refractivity (Wildman–Crippen MR) is 74.5 cm³/mol. The Morgan fingerprint density at radius 3 is 2.75 bits per heavy atom. The summed E-state index contributed by atoms with van der Waals surface area (Å²) in [7, 11) is 0. The number of hydrogen-bond donors (Lipinski definition) is 1. The van der Waals surface area contributed by atoms with Crippen LogP contribution in [0, 0.1) is 5.82 Å². The molecule has 4 nitrogen and oxygen atoms in total. The molecule has 0 amide bonds. The summed E-state index contributed by atoms with van der Waals surface area (Å²) in [5, 5.41) is 9.81. The molecule has 20 heavy (non-hydrogen) atoms. The van der Waals surface area contributed by atoms with Crippen molar-refractivity contribution >= 4 is 17.5 Å². The summed E-state index contributed by atoms with van der Waals surface area (Å²) in [5.74, 6) is -1.33. The third-order valence-corrected chi connectivity index (χ3v) is 3.74. The molecule has 1 aromatic carbocycles. The quantitative estimate of drug-likeness (QED) is 0.919. The summed E-state index contributed by atoms with van der Waals surface area (Å²) in [6.45, 7) is 3.91. The summed E-state index contributed by atoms with van der Waals surface area (Å²) in [6, 6.07) is 5.97. The maximum atomic E-state index is 13.2. The van der Waals surface area contributed by atoms with Gasteiger partial charge in [-0.2, -0.15) is 4.37 Å². The van der Waals surface area contributed by atoms with Gasteiger partial charge >= 0.3 is 5.97 Å². The van der Waals surface area contributed by atoms with Crippen LogP contribution in [-0.2, 0) is 11.2 Å². The van der Waals surface area contributed by atoms with Gasteiger partial charge in [-0.15, -0.1) is 0 Å². The highest BCUT2D eigenvalue weighted by Gasteiger charge is 2.25. The van der Waals surface area contributed by atoms with E-state index in [1.807, 2.05) is 13.8 Å². The monoisotopic (exact) mass is 294 g/mol. The van der Waals surface area contributed by atoms with E-state index in [-0.39, 0.29) is 18.2 Å². The first-order valence-electron chi connectivity index (χ1n) is 6.28. The van der Waals surface area contributed by atoms with Crippen molar-refractivity contribution in [3.8, 4) is 0 Å². The lowest BCUT2D eigenvalue weighted by atomic mass is 10.00. The molecular weight excluding hydrogens is 279 g/mol. The van der Waals surface area contributed by atoms with Gasteiger partial charge in [-0.05, 0) is 35.6 Å². The highest BCUT2D eigenvalue weighted by molar-refractivity contribution is 7.05. The van der Waals surface area contributed by atoms with Gasteiger partial charge < -0.3 is 5.11 Å². The van der Waals surface area contributed by atoms with Crippen molar-refractivity contribution in [1.29, 1.82) is 0 Å². The molecule has 1 heterocycles. The standard InChI is InChI=1S/C14H15FN2O2S/c1-8(2)12-16-13(20-17-12)11(14(18)19)7-9-4-3-5-10(15)6-9/h3-6,8,11H,7H2,1-2H3,(H,18,19). The second-order valence-corrected chi connectivity index (χ2v) is 5.65. The van der Waals surface area contributed by atoms with Crippen molar-refractivity contribution in [2.75, 3.05) is 0 Å². The fourth-order valence-electron chi connectivity index (χ4n) is 1.80. The predicted octanol–water partition coefficient (Wildman–Crippen LogP) is 3.21. The zero-order valence-corrected chi connectivity index (χ0v) is 12.0. The summed E-state index contributed by atoms with van der Waals surface area (Å²) in [4.78, 5) is 15.7. The average molecular weight is 294 g/mol. The molecule has 0 saturated heterocycles. The van der Waals surface area contributed by atoms with Gasteiger partial charge in [0.15, 0.2) is 0 Å². The van der Waals surface area contributed by atoms with Crippen LogP contribution in [0.2, 0.25) is 0 Å². The van der Waals surface area contributed by atoms with Crippen molar-refractivity contribution < 1.29 is 14.3 Å². The molecule has 0 saturated carbocycles. The van der Waals surface area contributed by atoms with E-state index in [1.54, 1.807) is 12.1 Å². The molecule has 0 radical (unpaired) electrons. The fraction of sp³-hybridized carbons (Fsp3) is 0.357. The van der Waals surface area contributed by atoms with Crippen molar-refractivity contribution in [2.45, 2.75) is 32.1 Å². The SMILES string of the molecule is CC(C)c1nsc(C(Cc2cccc(F)c2)C(=O)O)n1. The number of rotatable bonds is 5. The van der Waals surface area contributed by atoms with Gasteiger partial charge in [-0.3, -0.25) is 4.79 Å². The van der Waals surface area contributed by atoms with Crippen LogP contribution in [0.3, 0.4) is 0 Å². The zero-order valence-electron chi connectivity index (χ0n) is 11.2. The van der Waals surface area contributed by atoms with Crippen LogP contribution in [0.4, 0.5) is 4.39 Å². The largest absolute Gasteiger partial charge is 0.481 e. The molecule has 1 aromatic heterocycles. The molecule has 0 aliphatic heterocycles. The second-order valence-electron chi connectivity index (χ2n) is 4.87. The minimum atomic E-state index is -0.972. The van der Waals surface area contributed by atoms with E-state index < -0.39 is 11.9 Å². The lowest BCUT2D eigenvalue weighted by Crippen LogP contribution is -2.14. The van der Waals surface area contributed by atoms with E-state index >= 15 is 0 Å². The maximum absolute atomic E-state index is 13.2. The lowest BCUT2D eigenvalue weighted by Gasteiger charge is -2.09. The van der Waals surface area contributed by atoms with Crippen LogP contribution in [-0.4, -0.2) is 20.4 Å². The Hall–Kier alpha value is -1.82. The van der Waals surface area contributed by atoms with E-state index in [4.69, 9.17) is 0 Å². The van der Waals surface area contributed by atoms with Crippen LogP contribution in [0.15, 0.2) is 24.3 Å². The molecule has 2 aromatic rings. The van der Waals surface area contributed by atoms with Crippen LogP contribution in [0.1, 0.15) is 42.1 Å². The third-order valence-electron chi connectivity index (χ3n) is 2.90. The first-order chi connectivity index (χ1) is 9.47. The normalized spacial score (nSPS) is 12.6. The van der Waals surface area contributed by atoms with Gasteiger partial charge in [-0.25, -0.2) is 9.37 Å². The maximum Gasteiger partial charge on any atom is 0.313 e. The Labute approximate surface area is 120 Å². The van der Waals surface area contributed by atoms with Gasteiger partial charge in [0.05, 0.1) is 0 Å². The zero-order chi connectivity index (χ0) is 14.7. The topological polar surface area (TPSA) is 63.1 Å². The first-order valence-corrected chi connectivity index (χ1v) is 7.05. The number of halogens is 1. The molecular formula is C14H15FN2O2S. The summed E-state index contributed by atoms with van der Waals surface area (Å²) < 4.78 is 17.3. The minimum Gasteiger partial charge on any atom is -0.481 e. The van der Waals surface area contributed by atoms with Gasteiger partial charge in [0.1, 0.15) is 22.6 Å². The Morgan fingerprint density at radius 1 is 1.45 bits per heavy atom. The van der Waals surface area contributed by atoms with Gasteiger partial charge in [0.2, 0.25) is 0 Å². The van der Waals surface area contributed by atoms with Crippen LogP contribution >= 0.6 is 11.5 Å². The van der Waals surface area contributed by atoms with E-state index in [0.717, 1.165) is 11.5 Å². The Morgan fingerprint density at radius 2 is 2.20 bits per heavy atom. The van der Waals surface area contributed by atoms with Crippen molar-refractivity contribution in [3.63, 3.8) is 0 Å². The number of carbonyl (C=O) groups is 1. The van der Waals surface area contributed by atoms with Crippen molar-refractivity contribution in [2.24, 2.45) is 0 Å². The molecule has 106 valence electrons. The number of nitrogens with zero attached hydrogens (tertiary/aromatic N) is 2. The molecule has 0 fully saturated rings. The average Bonchev–Trinajstić information content (AvgIpc) is 2.85. The highest BCUT2D eigenvalue weighted by Crippen LogP contribution is 2.25. The molecule has 0 aliphatic rings. The number of benzene rings is 1. The van der Waals surface area contributed by atoms with E-state index in [1.165, 1.54) is 12.1 Å². The molecule has 1 N–H and O–H groups in total. The minimum absolute atomic E-state index is 0.156. The fourth-order valence-corrected chi connectivity index (χ4v) is 2.69. The number of carboxylic acids is 1. The van der Waals surface area contributed by atoms with E-state index in [0.29, 0.717) is 16.4 Å². The third kappa shape index (κ3) is 3.39. The van der Waals surface area contributed by atoms with Crippen LogP contribution < -0.4 is 0 Å². The van der Waals surface area contributed by atoms with Crippen molar-refractivity contribution in [1.82, 2.24) is 9.36 Å². The van der Waals surface area contributed by atoms with Gasteiger partial charge in [-0.1, -0.05) is 26.0 Å². The number of aromatic nitrogens is 2. The first kappa shape index (κ1) is 14.6. The second kappa shape index (κ2) is 6.09. The molecule has 1 unspecified atom stereocenters. The van der Waals surface area contributed by atoms with Gasteiger partial charge in [0.25, 0.3) is 0 Å². The molecule has 2 rings (SSSR count). The number of aliphatic carboxylic acids is 1. The van der Waals surface area contributed by atoms with E-state index in [2.05, 4.69) is 9.36 Å². The van der Waals surface area contributed by atoms with Crippen LogP contribution in [0.5, 0.6) is 0 Å². The molecule has 0 bridgehead atoms. The Kier molecular flexibility index (Phi) is 4.44. The Bertz CT molecular complexity index is 613. The smallest absolute Gasteiger partial charge is 0.313 e. The number of hydrogen-bond acceptors (Lipinski definition) is 4. The van der Waals surface area contributed by atoms with Crippen molar-refractivity contribution in [3.05, 3.63) is 46.5 Å². The van der Waals surface area contributed by atoms with Gasteiger partial charge in [0, 0.05) is 5.92 Å². The molecule has 0 spiro atoms. The lowest BCUT2D eigenvalue weighted by molar-refractivity contribution is -0.138. The Balaban J connectivity index is 2.24. The summed E-state index contributed by atoms with van der Waals surface area (Å²) in [5.41, 5.74) is 0.638. The summed E-state index contributed by atoms with van der Waals surface area (Å²) >= 11 is 1.10. The number of carboxylic acid groups (broad SMARTS) is 1. The molecule has 0 aliphatic carbocycles. The van der Waals surface area contributed by atoms with Crippen LogP contribution in [0.25, 0.3) is 0 Å². The highest BCUT2D eigenvalue weighted by atomic mass is 32.1. The molecule has 6 heteroatoms. The summed E-state index contributed by atoms with van der Waals surface area (Å²) in [6.07, 6.45) is 0.208. The van der Waals surface area contributed by atoms with E-state index in [9.17, 15) is 14.3 Å².